The van der Waals surface area contributed by atoms with Crippen LogP contribution in [0, 0.1) is 5.82 Å². The number of fused-ring (bicyclic) bond motifs is 1. The van der Waals surface area contributed by atoms with E-state index >= 15 is 0 Å². The van der Waals surface area contributed by atoms with Crippen molar-refractivity contribution in [2.24, 2.45) is 5.10 Å². The molecule has 0 unspecified atom stereocenters. The van der Waals surface area contributed by atoms with Crippen molar-refractivity contribution in [3.63, 3.8) is 0 Å². The Morgan fingerprint density at radius 3 is 2.65 bits per heavy atom. The minimum atomic E-state index is -0.606. The molecule has 6 nitrogen and oxygen atoms in total. The van der Waals surface area contributed by atoms with Crippen molar-refractivity contribution in [2.45, 2.75) is 19.8 Å². The smallest absolute Gasteiger partial charge is 0.254 e. The number of rotatable bonds is 9. The van der Waals surface area contributed by atoms with E-state index in [1.807, 2.05) is 43.3 Å². The van der Waals surface area contributed by atoms with Crippen LogP contribution in [-0.4, -0.2) is 31.2 Å². The number of halogens is 1. The van der Waals surface area contributed by atoms with Gasteiger partial charge in [0.15, 0.2) is 0 Å². The molecule has 160 valence electrons. The molecule has 0 fully saturated rings. The fourth-order valence-corrected chi connectivity index (χ4v) is 3.00. The predicted octanol–water partition coefficient (Wildman–Crippen LogP) is 4.04. The van der Waals surface area contributed by atoms with Crippen LogP contribution in [0.2, 0.25) is 0 Å². The van der Waals surface area contributed by atoms with Crippen molar-refractivity contribution in [3.05, 3.63) is 77.6 Å². The van der Waals surface area contributed by atoms with Crippen LogP contribution in [-0.2, 0) is 4.79 Å². The van der Waals surface area contributed by atoms with Gasteiger partial charge in [-0.3, -0.25) is 9.59 Å². The summed E-state index contributed by atoms with van der Waals surface area (Å²) in [5.74, 6) is -0.856. The summed E-state index contributed by atoms with van der Waals surface area (Å²) in [4.78, 5) is 24.0. The molecule has 2 amide bonds. The van der Waals surface area contributed by atoms with E-state index in [2.05, 4.69) is 15.8 Å². The van der Waals surface area contributed by atoms with Gasteiger partial charge in [0.2, 0.25) is 5.91 Å². The lowest BCUT2D eigenvalue weighted by Gasteiger charge is -2.11. The van der Waals surface area contributed by atoms with E-state index < -0.39 is 11.7 Å². The predicted molar refractivity (Wildman–Crippen MR) is 119 cm³/mol. The lowest BCUT2D eigenvalue weighted by atomic mass is 10.0. The third kappa shape index (κ3) is 5.88. The highest BCUT2D eigenvalue weighted by Gasteiger charge is 2.11. The number of nitrogens with one attached hydrogen (secondary N) is 2. The molecule has 2 N–H and O–H groups in total. The maximum Gasteiger partial charge on any atom is 0.254 e. The number of benzene rings is 3. The number of hydrogen-bond donors (Lipinski definition) is 2. The standard InChI is InChI=1S/C24H24FN3O3/c1-2-15-31-22-12-11-17-7-3-4-8-18(17)20(22)16-27-28-23(29)13-14-26-24(30)19-9-5-6-10-21(19)25/h3-12,16H,2,13-15H2,1H3,(H,26,30)(H,28,29). The highest BCUT2D eigenvalue weighted by molar-refractivity contribution is 6.02. The first-order valence-electron chi connectivity index (χ1n) is 10.1. The summed E-state index contributed by atoms with van der Waals surface area (Å²) in [5, 5.41) is 8.58. The summed E-state index contributed by atoms with van der Waals surface area (Å²) < 4.78 is 19.4. The van der Waals surface area contributed by atoms with Crippen LogP contribution in [0.4, 0.5) is 4.39 Å². The van der Waals surface area contributed by atoms with Crippen molar-refractivity contribution in [1.82, 2.24) is 10.7 Å². The van der Waals surface area contributed by atoms with Gasteiger partial charge in [-0.1, -0.05) is 49.4 Å². The largest absolute Gasteiger partial charge is 0.493 e. The Bertz CT molecular complexity index is 1100. The van der Waals surface area contributed by atoms with Gasteiger partial charge in [0.05, 0.1) is 18.4 Å². The van der Waals surface area contributed by atoms with E-state index in [1.54, 1.807) is 12.3 Å². The molecule has 0 bridgehead atoms. The van der Waals surface area contributed by atoms with Crippen molar-refractivity contribution < 1.29 is 18.7 Å². The van der Waals surface area contributed by atoms with Crippen LogP contribution in [0.3, 0.4) is 0 Å². The average Bonchev–Trinajstić information content (AvgIpc) is 2.78. The zero-order valence-corrected chi connectivity index (χ0v) is 17.2. The van der Waals surface area contributed by atoms with E-state index in [0.717, 1.165) is 22.8 Å². The van der Waals surface area contributed by atoms with Crippen LogP contribution >= 0.6 is 0 Å². The molecule has 0 saturated heterocycles. The molecule has 0 aliphatic rings. The molecule has 0 radical (unpaired) electrons. The number of ether oxygens (including phenoxy) is 1. The number of carbonyl (C=O) groups excluding carboxylic acids is 2. The second-order valence-electron chi connectivity index (χ2n) is 6.83. The summed E-state index contributed by atoms with van der Waals surface area (Å²) in [6.45, 7) is 2.67. The van der Waals surface area contributed by atoms with Gasteiger partial charge in [-0.05, 0) is 35.4 Å². The molecule has 3 aromatic rings. The monoisotopic (exact) mass is 421 g/mol. The molecular weight excluding hydrogens is 397 g/mol. The summed E-state index contributed by atoms with van der Waals surface area (Å²) in [7, 11) is 0. The molecule has 0 aliphatic heterocycles. The first kappa shape index (κ1) is 22.0. The molecule has 3 rings (SSSR count). The Labute approximate surface area is 180 Å². The van der Waals surface area contributed by atoms with Gasteiger partial charge in [0.25, 0.3) is 5.91 Å². The third-order valence-electron chi connectivity index (χ3n) is 4.53. The van der Waals surface area contributed by atoms with Gasteiger partial charge < -0.3 is 10.1 Å². The average molecular weight is 421 g/mol. The zero-order valence-electron chi connectivity index (χ0n) is 17.2. The molecule has 0 heterocycles. The SMILES string of the molecule is CCCOc1ccc2ccccc2c1C=NNC(=O)CCNC(=O)c1ccccc1F. The van der Waals surface area contributed by atoms with Crippen LogP contribution in [0.1, 0.15) is 35.7 Å². The normalized spacial score (nSPS) is 10.9. The Morgan fingerprint density at radius 2 is 1.84 bits per heavy atom. The van der Waals surface area contributed by atoms with Crippen molar-refractivity contribution in [1.29, 1.82) is 0 Å². The lowest BCUT2D eigenvalue weighted by molar-refractivity contribution is -0.120. The molecule has 3 aromatic carbocycles. The van der Waals surface area contributed by atoms with Crippen LogP contribution < -0.4 is 15.5 Å². The van der Waals surface area contributed by atoms with E-state index in [9.17, 15) is 14.0 Å². The van der Waals surface area contributed by atoms with E-state index in [-0.39, 0.29) is 24.4 Å². The Kier molecular flexibility index (Phi) is 7.70. The second kappa shape index (κ2) is 10.9. The van der Waals surface area contributed by atoms with Gasteiger partial charge in [0, 0.05) is 18.5 Å². The minimum Gasteiger partial charge on any atom is -0.493 e. The van der Waals surface area contributed by atoms with E-state index in [0.29, 0.717) is 12.4 Å². The Hall–Kier alpha value is -3.74. The van der Waals surface area contributed by atoms with Gasteiger partial charge in [-0.15, -0.1) is 0 Å². The number of hydrogen-bond acceptors (Lipinski definition) is 4. The number of nitrogens with zero attached hydrogens (tertiary/aromatic N) is 1. The lowest BCUT2D eigenvalue weighted by Crippen LogP contribution is -2.29. The van der Waals surface area contributed by atoms with Crippen molar-refractivity contribution in [3.8, 4) is 5.75 Å². The van der Waals surface area contributed by atoms with Crippen LogP contribution in [0.15, 0.2) is 65.8 Å². The van der Waals surface area contributed by atoms with Crippen molar-refractivity contribution >= 4 is 28.8 Å². The van der Waals surface area contributed by atoms with Gasteiger partial charge in [0.1, 0.15) is 11.6 Å². The van der Waals surface area contributed by atoms with Gasteiger partial charge in [-0.25, -0.2) is 9.82 Å². The summed E-state index contributed by atoms with van der Waals surface area (Å²) in [5.41, 5.74) is 3.17. The van der Waals surface area contributed by atoms with Crippen LogP contribution in [0.5, 0.6) is 5.75 Å². The maximum absolute atomic E-state index is 13.6. The van der Waals surface area contributed by atoms with E-state index in [1.165, 1.54) is 18.2 Å². The molecule has 0 spiro atoms. The first-order valence-corrected chi connectivity index (χ1v) is 10.1. The number of hydrazone groups is 1. The van der Waals surface area contributed by atoms with Gasteiger partial charge >= 0.3 is 0 Å². The molecule has 31 heavy (non-hydrogen) atoms. The zero-order chi connectivity index (χ0) is 22.1. The number of carbonyl (C=O) groups is 2. The Morgan fingerprint density at radius 1 is 1.06 bits per heavy atom. The summed E-state index contributed by atoms with van der Waals surface area (Å²) in [6.07, 6.45) is 2.44. The fraction of sp³-hybridized carbons (Fsp3) is 0.208. The second-order valence-corrected chi connectivity index (χ2v) is 6.83. The first-order chi connectivity index (χ1) is 15.1. The highest BCUT2D eigenvalue weighted by Crippen LogP contribution is 2.26. The summed E-state index contributed by atoms with van der Waals surface area (Å²) >= 11 is 0. The molecule has 0 aromatic heterocycles. The fourth-order valence-electron chi connectivity index (χ4n) is 3.00. The Balaban J connectivity index is 1.58. The quantitative estimate of drug-likeness (QED) is 0.404. The highest BCUT2D eigenvalue weighted by atomic mass is 19.1. The van der Waals surface area contributed by atoms with E-state index in [4.69, 9.17) is 4.74 Å². The van der Waals surface area contributed by atoms with Gasteiger partial charge in [-0.2, -0.15) is 5.10 Å². The van der Waals surface area contributed by atoms with Crippen molar-refractivity contribution in [2.75, 3.05) is 13.2 Å². The molecule has 0 saturated carbocycles. The molecule has 0 aliphatic carbocycles. The third-order valence-corrected chi connectivity index (χ3v) is 4.53. The topological polar surface area (TPSA) is 79.8 Å². The maximum atomic E-state index is 13.6. The molecule has 7 heteroatoms. The molecule has 0 atom stereocenters. The summed E-state index contributed by atoms with van der Waals surface area (Å²) in [6, 6.07) is 17.4. The van der Waals surface area contributed by atoms with Crippen LogP contribution in [0.25, 0.3) is 10.8 Å². The minimum absolute atomic E-state index is 0.00621. The molecular formula is C24H24FN3O3. The number of amides is 2.